The monoisotopic (exact) mass is 374 g/mol. The Morgan fingerprint density at radius 2 is 1.75 bits per heavy atom. The van der Waals surface area contributed by atoms with Crippen molar-refractivity contribution in [1.29, 1.82) is 0 Å². The molecular formula is C22H26N6. The average molecular weight is 374 g/mol. The molecule has 1 aliphatic rings. The largest absolute Gasteiger partial charge is 0.372 e. The molecule has 0 amide bonds. The number of hydrogen-bond donors (Lipinski definition) is 2. The lowest BCUT2D eigenvalue weighted by Gasteiger charge is -2.28. The lowest BCUT2D eigenvalue weighted by atomic mass is 10.1. The van der Waals surface area contributed by atoms with E-state index in [2.05, 4.69) is 74.0 Å². The molecular weight excluding hydrogens is 348 g/mol. The number of aromatic nitrogens is 3. The smallest absolute Gasteiger partial charge is 0.244 e. The Hall–Kier alpha value is -3.15. The van der Waals surface area contributed by atoms with Gasteiger partial charge in [0.05, 0.1) is 6.20 Å². The van der Waals surface area contributed by atoms with Crippen LogP contribution in [0.2, 0.25) is 0 Å². The normalized spacial score (nSPS) is 14.0. The molecule has 3 aromatic rings. The third kappa shape index (κ3) is 4.57. The lowest BCUT2D eigenvalue weighted by molar-refractivity contribution is 0.578. The standard InChI is InChI=1S/C22H26N6/c1-17-7-3-4-8-18(17)15-23-22-26-21(16-24-27-22)25-19-9-11-20(12-10-19)28-13-5-2-6-14-28/h3-4,7-12,16H,2,5-6,13-15H2,1H3,(H2,23,25,26,27). The Morgan fingerprint density at radius 3 is 2.54 bits per heavy atom. The molecule has 1 fully saturated rings. The minimum Gasteiger partial charge on any atom is -0.372 e. The summed E-state index contributed by atoms with van der Waals surface area (Å²) in [5.74, 6) is 1.19. The van der Waals surface area contributed by atoms with E-state index in [1.165, 1.54) is 36.1 Å². The summed E-state index contributed by atoms with van der Waals surface area (Å²) in [5, 5.41) is 14.7. The van der Waals surface area contributed by atoms with Gasteiger partial charge < -0.3 is 15.5 Å². The third-order valence-corrected chi connectivity index (χ3v) is 5.12. The van der Waals surface area contributed by atoms with Crippen molar-refractivity contribution in [3.63, 3.8) is 0 Å². The molecule has 6 nitrogen and oxygen atoms in total. The first kappa shape index (κ1) is 18.2. The molecule has 2 N–H and O–H groups in total. The van der Waals surface area contributed by atoms with Crippen molar-refractivity contribution < 1.29 is 0 Å². The van der Waals surface area contributed by atoms with Gasteiger partial charge in [0.1, 0.15) is 0 Å². The molecule has 1 aromatic heterocycles. The molecule has 28 heavy (non-hydrogen) atoms. The topological polar surface area (TPSA) is 66.0 Å². The van der Waals surface area contributed by atoms with Crippen molar-refractivity contribution in [3.05, 3.63) is 65.9 Å². The molecule has 6 heteroatoms. The van der Waals surface area contributed by atoms with Gasteiger partial charge in [-0.25, -0.2) is 0 Å². The second-order valence-corrected chi connectivity index (χ2v) is 7.16. The van der Waals surface area contributed by atoms with Crippen LogP contribution in [0.4, 0.5) is 23.1 Å². The van der Waals surface area contributed by atoms with E-state index in [1.807, 2.05) is 12.1 Å². The number of nitrogens with one attached hydrogen (secondary N) is 2. The molecule has 0 aliphatic carbocycles. The Balaban J connectivity index is 1.38. The van der Waals surface area contributed by atoms with Gasteiger partial charge in [0.15, 0.2) is 5.82 Å². The highest BCUT2D eigenvalue weighted by molar-refractivity contribution is 5.61. The van der Waals surface area contributed by atoms with Crippen LogP contribution < -0.4 is 15.5 Å². The SMILES string of the molecule is Cc1ccccc1CNc1nncc(Nc2ccc(N3CCCCC3)cc2)n1. The second-order valence-electron chi connectivity index (χ2n) is 7.16. The van der Waals surface area contributed by atoms with E-state index in [4.69, 9.17) is 0 Å². The van der Waals surface area contributed by atoms with Gasteiger partial charge in [-0.2, -0.15) is 10.1 Å². The van der Waals surface area contributed by atoms with Crippen molar-refractivity contribution in [1.82, 2.24) is 15.2 Å². The second kappa shape index (κ2) is 8.69. The number of hydrogen-bond acceptors (Lipinski definition) is 6. The zero-order valence-electron chi connectivity index (χ0n) is 16.2. The van der Waals surface area contributed by atoms with Gasteiger partial charge in [-0.15, -0.1) is 5.10 Å². The quantitative estimate of drug-likeness (QED) is 0.661. The Bertz CT molecular complexity index is 903. The molecule has 1 aliphatic heterocycles. The highest BCUT2D eigenvalue weighted by atomic mass is 15.3. The van der Waals surface area contributed by atoms with E-state index in [-0.39, 0.29) is 0 Å². The van der Waals surface area contributed by atoms with Crippen LogP contribution in [0.15, 0.2) is 54.7 Å². The fourth-order valence-electron chi connectivity index (χ4n) is 3.48. The maximum atomic E-state index is 4.52. The molecule has 0 saturated carbocycles. The van der Waals surface area contributed by atoms with Crippen LogP contribution in [0.25, 0.3) is 0 Å². The molecule has 0 radical (unpaired) electrons. The van der Waals surface area contributed by atoms with Gasteiger partial charge in [0, 0.05) is 31.0 Å². The van der Waals surface area contributed by atoms with Crippen LogP contribution in [-0.4, -0.2) is 28.3 Å². The first-order valence-electron chi connectivity index (χ1n) is 9.88. The van der Waals surface area contributed by atoms with Gasteiger partial charge >= 0.3 is 0 Å². The Labute approximate surface area is 166 Å². The van der Waals surface area contributed by atoms with Crippen LogP contribution in [0.3, 0.4) is 0 Å². The van der Waals surface area contributed by atoms with Crippen molar-refractivity contribution in [2.24, 2.45) is 0 Å². The zero-order valence-corrected chi connectivity index (χ0v) is 16.2. The molecule has 0 atom stereocenters. The first-order chi connectivity index (χ1) is 13.8. The van der Waals surface area contributed by atoms with Crippen LogP contribution in [0.5, 0.6) is 0 Å². The lowest BCUT2D eigenvalue weighted by Crippen LogP contribution is -2.29. The molecule has 144 valence electrons. The van der Waals surface area contributed by atoms with Crippen LogP contribution >= 0.6 is 0 Å². The number of benzene rings is 2. The predicted molar refractivity (Wildman–Crippen MR) is 114 cm³/mol. The molecule has 1 saturated heterocycles. The molecule has 0 unspecified atom stereocenters. The molecule has 4 rings (SSSR count). The average Bonchev–Trinajstić information content (AvgIpc) is 2.75. The summed E-state index contributed by atoms with van der Waals surface area (Å²) in [5.41, 5.74) is 4.74. The first-order valence-corrected chi connectivity index (χ1v) is 9.88. The third-order valence-electron chi connectivity index (χ3n) is 5.12. The summed E-state index contributed by atoms with van der Waals surface area (Å²) in [6.07, 6.45) is 5.55. The van der Waals surface area contributed by atoms with Crippen LogP contribution in [0.1, 0.15) is 30.4 Å². The number of anilines is 4. The minimum atomic E-state index is 0.512. The van der Waals surface area contributed by atoms with Gasteiger partial charge in [0.2, 0.25) is 5.95 Å². The summed E-state index contributed by atoms with van der Waals surface area (Å²) in [7, 11) is 0. The van der Waals surface area contributed by atoms with Crippen molar-refractivity contribution in [2.45, 2.75) is 32.7 Å². The van der Waals surface area contributed by atoms with Gasteiger partial charge in [-0.1, -0.05) is 24.3 Å². The fraction of sp³-hybridized carbons (Fsp3) is 0.318. The van der Waals surface area contributed by atoms with Crippen LogP contribution in [0, 0.1) is 6.92 Å². The van der Waals surface area contributed by atoms with Crippen LogP contribution in [-0.2, 0) is 6.54 Å². The van der Waals surface area contributed by atoms with Gasteiger partial charge in [-0.05, 0) is 61.6 Å². The van der Waals surface area contributed by atoms with E-state index in [9.17, 15) is 0 Å². The number of piperidine rings is 1. The minimum absolute atomic E-state index is 0.512. The summed E-state index contributed by atoms with van der Waals surface area (Å²) < 4.78 is 0. The highest BCUT2D eigenvalue weighted by Gasteiger charge is 2.10. The number of rotatable bonds is 6. The van der Waals surface area contributed by atoms with E-state index in [1.54, 1.807) is 6.20 Å². The maximum absolute atomic E-state index is 4.52. The summed E-state index contributed by atoms with van der Waals surface area (Å²) in [6, 6.07) is 16.8. The van der Waals surface area contributed by atoms with Crippen molar-refractivity contribution in [3.8, 4) is 0 Å². The molecule has 0 spiro atoms. The summed E-state index contributed by atoms with van der Waals surface area (Å²) in [6.45, 7) is 5.07. The Morgan fingerprint density at radius 1 is 0.964 bits per heavy atom. The Kier molecular flexibility index (Phi) is 5.66. The molecule has 0 bridgehead atoms. The predicted octanol–water partition coefficient (Wildman–Crippen LogP) is 4.53. The maximum Gasteiger partial charge on any atom is 0.244 e. The van der Waals surface area contributed by atoms with Crippen molar-refractivity contribution >= 4 is 23.1 Å². The zero-order chi connectivity index (χ0) is 19.2. The fourth-order valence-corrected chi connectivity index (χ4v) is 3.48. The number of aryl methyl sites for hydroxylation is 1. The van der Waals surface area contributed by atoms with E-state index < -0.39 is 0 Å². The summed E-state index contributed by atoms with van der Waals surface area (Å²) in [4.78, 5) is 6.97. The van der Waals surface area contributed by atoms with E-state index in [0.717, 1.165) is 18.8 Å². The van der Waals surface area contributed by atoms with E-state index in [0.29, 0.717) is 18.3 Å². The molecule has 2 heterocycles. The van der Waals surface area contributed by atoms with E-state index >= 15 is 0 Å². The van der Waals surface area contributed by atoms with Crippen molar-refractivity contribution in [2.75, 3.05) is 28.6 Å². The summed E-state index contributed by atoms with van der Waals surface area (Å²) >= 11 is 0. The number of nitrogens with zero attached hydrogens (tertiary/aromatic N) is 4. The van der Waals surface area contributed by atoms with Gasteiger partial charge in [-0.3, -0.25) is 0 Å². The van der Waals surface area contributed by atoms with Gasteiger partial charge in [0.25, 0.3) is 0 Å². The highest BCUT2D eigenvalue weighted by Crippen LogP contribution is 2.23. The molecule has 2 aromatic carbocycles.